The zero-order valence-electron chi connectivity index (χ0n) is 5.38. The van der Waals surface area contributed by atoms with Gasteiger partial charge in [-0.15, -0.1) is 0 Å². The Morgan fingerprint density at radius 1 is 1.33 bits per heavy atom. The van der Waals surface area contributed by atoms with Gasteiger partial charge in [-0.25, -0.2) is 4.21 Å². The smallest absolute Gasteiger partial charge is 0.152 e. The van der Waals surface area contributed by atoms with Crippen molar-refractivity contribution in [3.05, 3.63) is 12.2 Å². The van der Waals surface area contributed by atoms with Crippen molar-refractivity contribution in [1.29, 1.82) is 0 Å². The van der Waals surface area contributed by atoms with Gasteiger partial charge in [-0.1, -0.05) is 0 Å². The van der Waals surface area contributed by atoms with Crippen LogP contribution < -0.4 is 0 Å². The van der Waals surface area contributed by atoms with Crippen LogP contribution in [0.15, 0.2) is 12.2 Å². The zero-order valence-corrected chi connectivity index (χ0v) is 6.20. The number of ketones is 1. The minimum atomic E-state index is -0.0385. The van der Waals surface area contributed by atoms with Crippen LogP contribution in [0.1, 0.15) is 13.8 Å². The van der Waals surface area contributed by atoms with Gasteiger partial charge in [0.05, 0.1) is 11.3 Å². The largest absolute Gasteiger partial charge is 0.295 e. The fraction of sp³-hybridized carbons (Fsp3) is 0.333. The Morgan fingerprint density at radius 3 is 2.22 bits per heavy atom. The molecule has 0 amide bonds. The third-order valence-corrected chi connectivity index (χ3v) is 1.08. The molecule has 50 valence electrons. The lowest BCUT2D eigenvalue weighted by atomic mass is 10.3. The molecule has 0 saturated carbocycles. The van der Waals surface area contributed by atoms with Crippen LogP contribution in [-0.2, 0) is 16.1 Å². The lowest BCUT2D eigenvalue weighted by Gasteiger charge is -1.77. The maximum atomic E-state index is 10.3. The fourth-order valence-corrected chi connectivity index (χ4v) is 0.386. The second kappa shape index (κ2) is 4.21. The minimum Gasteiger partial charge on any atom is -0.295 e. The molecule has 0 spiro atoms. The number of hydrogen-bond donors (Lipinski definition) is 0. The van der Waals surface area contributed by atoms with E-state index >= 15 is 0 Å². The fourth-order valence-electron chi connectivity index (χ4n) is 0.262. The van der Waals surface area contributed by atoms with Gasteiger partial charge >= 0.3 is 0 Å². The normalized spacial score (nSPS) is 9.56. The van der Waals surface area contributed by atoms with E-state index in [1.165, 1.54) is 19.1 Å². The number of carbonyl (C=O) groups excluding carboxylic acids is 1. The summed E-state index contributed by atoms with van der Waals surface area (Å²) in [5.74, 6) is -0.0385. The van der Waals surface area contributed by atoms with Crippen molar-refractivity contribution >= 4 is 21.9 Å². The topological polar surface area (TPSA) is 34.1 Å². The Balaban J connectivity index is 4.01. The second-order valence-corrected chi connectivity index (χ2v) is 2.45. The van der Waals surface area contributed by atoms with Crippen LogP contribution >= 0.6 is 0 Å². The Morgan fingerprint density at radius 2 is 1.89 bits per heavy atom. The Bertz CT molecular complexity index is 187. The van der Waals surface area contributed by atoms with Crippen molar-refractivity contribution in [3.63, 3.8) is 0 Å². The lowest BCUT2D eigenvalue weighted by Crippen LogP contribution is -1.86. The van der Waals surface area contributed by atoms with Crippen LogP contribution in [0.3, 0.4) is 0 Å². The molecular formula is C6H8O2S. The van der Waals surface area contributed by atoms with Crippen molar-refractivity contribution in [2.75, 3.05) is 0 Å². The van der Waals surface area contributed by atoms with Gasteiger partial charge in [0.2, 0.25) is 0 Å². The first-order valence-corrected chi connectivity index (χ1v) is 3.23. The molecule has 0 radical (unpaired) electrons. The molecule has 0 fully saturated rings. The monoisotopic (exact) mass is 144 g/mol. The van der Waals surface area contributed by atoms with Gasteiger partial charge in [0.15, 0.2) is 5.78 Å². The first-order chi connectivity index (χ1) is 4.16. The molecule has 0 aliphatic carbocycles. The van der Waals surface area contributed by atoms with E-state index in [0.29, 0.717) is 16.1 Å². The highest BCUT2D eigenvalue weighted by atomic mass is 32.1. The highest BCUT2D eigenvalue weighted by molar-refractivity contribution is 7.66. The standard InChI is InChI=1S/C6H8O2S/c1-5(7)3-4-6(2)9-8/h3-4H,1-2H3/b4-3+. The van der Waals surface area contributed by atoms with Crippen LogP contribution in [0.4, 0.5) is 0 Å². The molecule has 0 heterocycles. The molecule has 0 unspecified atom stereocenters. The van der Waals surface area contributed by atoms with Gasteiger partial charge in [0.1, 0.15) is 0 Å². The quantitative estimate of drug-likeness (QED) is 0.418. The van der Waals surface area contributed by atoms with Gasteiger partial charge in [0.25, 0.3) is 0 Å². The minimum absolute atomic E-state index is 0.0385. The molecule has 2 nitrogen and oxygen atoms in total. The third-order valence-electron chi connectivity index (χ3n) is 0.684. The van der Waals surface area contributed by atoms with E-state index in [0.717, 1.165) is 0 Å². The van der Waals surface area contributed by atoms with Crippen LogP contribution in [0, 0.1) is 0 Å². The SMILES string of the molecule is CC(=O)/C=C/C(C)=S=O. The van der Waals surface area contributed by atoms with E-state index in [-0.39, 0.29) is 5.78 Å². The summed E-state index contributed by atoms with van der Waals surface area (Å²) in [6.07, 6.45) is 2.89. The van der Waals surface area contributed by atoms with Crippen molar-refractivity contribution in [1.82, 2.24) is 0 Å². The molecule has 0 aromatic carbocycles. The molecule has 0 saturated heterocycles. The maximum Gasteiger partial charge on any atom is 0.152 e. The molecule has 0 aromatic heterocycles. The summed E-state index contributed by atoms with van der Waals surface area (Å²) in [5, 5.41) is 0. The van der Waals surface area contributed by atoms with E-state index < -0.39 is 0 Å². The Kier molecular flexibility index (Phi) is 3.88. The van der Waals surface area contributed by atoms with E-state index in [1.54, 1.807) is 6.92 Å². The van der Waals surface area contributed by atoms with Gasteiger partial charge in [-0.3, -0.25) is 4.79 Å². The van der Waals surface area contributed by atoms with Crippen LogP contribution in [-0.4, -0.2) is 14.9 Å². The van der Waals surface area contributed by atoms with Crippen LogP contribution in [0.5, 0.6) is 0 Å². The van der Waals surface area contributed by atoms with Crippen molar-refractivity contribution in [3.8, 4) is 0 Å². The van der Waals surface area contributed by atoms with E-state index in [4.69, 9.17) is 0 Å². The molecule has 0 atom stereocenters. The molecule has 9 heavy (non-hydrogen) atoms. The summed E-state index contributed by atoms with van der Waals surface area (Å²) in [6, 6.07) is 0. The predicted molar refractivity (Wildman–Crippen MR) is 38.6 cm³/mol. The molecule has 0 aliphatic heterocycles. The van der Waals surface area contributed by atoms with Gasteiger partial charge in [0, 0.05) is 4.86 Å². The summed E-state index contributed by atoms with van der Waals surface area (Å²) in [5.41, 5.74) is 0. The van der Waals surface area contributed by atoms with E-state index in [1.807, 2.05) is 0 Å². The zero-order chi connectivity index (χ0) is 7.28. The number of hydrogen-bond acceptors (Lipinski definition) is 2. The Hall–Kier alpha value is -0.700. The molecular weight excluding hydrogens is 136 g/mol. The second-order valence-electron chi connectivity index (χ2n) is 1.64. The summed E-state index contributed by atoms with van der Waals surface area (Å²) >= 11 is 0.394. The summed E-state index contributed by atoms with van der Waals surface area (Å²) < 4.78 is 9.96. The summed E-state index contributed by atoms with van der Waals surface area (Å²) in [6.45, 7) is 3.11. The number of rotatable bonds is 2. The first-order valence-electron chi connectivity index (χ1n) is 2.49. The molecule has 0 aromatic rings. The average Bonchev–Trinajstić information content (AvgIpc) is 1.83. The molecule has 0 N–H and O–H groups in total. The number of allylic oxidation sites excluding steroid dienone is 2. The van der Waals surface area contributed by atoms with Crippen molar-refractivity contribution in [2.24, 2.45) is 0 Å². The predicted octanol–water partition coefficient (Wildman–Crippen LogP) is 0.537. The van der Waals surface area contributed by atoms with Gasteiger partial charge < -0.3 is 0 Å². The van der Waals surface area contributed by atoms with Crippen molar-refractivity contribution < 1.29 is 9.00 Å². The molecule has 0 bridgehead atoms. The van der Waals surface area contributed by atoms with Gasteiger partial charge in [-0.05, 0) is 26.0 Å². The average molecular weight is 144 g/mol. The summed E-state index contributed by atoms with van der Waals surface area (Å²) in [7, 11) is 0. The first kappa shape index (κ1) is 8.30. The van der Waals surface area contributed by atoms with Crippen molar-refractivity contribution in [2.45, 2.75) is 13.8 Å². The van der Waals surface area contributed by atoms with Crippen LogP contribution in [0.25, 0.3) is 0 Å². The lowest BCUT2D eigenvalue weighted by molar-refractivity contribution is -0.112. The highest BCUT2D eigenvalue weighted by Crippen LogP contribution is 1.76. The molecule has 3 heteroatoms. The number of carbonyl (C=O) groups is 1. The van der Waals surface area contributed by atoms with E-state index in [2.05, 4.69) is 0 Å². The Labute approximate surface area is 57.6 Å². The highest BCUT2D eigenvalue weighted by Gasteiger charge is 1.82. The molecule has 0 aliphatic rings. The van der Waals surface area contributed by atoms with Gasteiger partial charge in [-0.2, -0.15) is 0 Å². The van der Waals surface area contributed by atoms with Crippen LogP contribution in [0.2, 0.25) is 0 Å². The van der Waals surface area contributed by atoms with E-state index in [9.17, 15) is 9.00 Å². The molecule has 0 rings (SSSR count). The summed E-state index contributed by atoms with van der Waals surface area (Å²) in [4.78, 5) is 10.9. The maximum absolute atomic E-state index is 10.3. The third kappa shape index (κ3) is 5.17.